The molecule has 0 fully saturated rings. The SMILES string of the molecule is CC(C)CCOc1ccc(S(C)(=O)=O)c(C(F)(F)F)c1. The highest BCUT2D eigenvalue weighted by atomic mass is 32.2. The van der Waals surface area contributed by atoms with Crippen molar-refractivity contribution in [1.82, 2.24) is 0 Å². The van der Waals surface area contributed by atoms with Gasteiger partial charge in [-0.25, -0.2) is 8.42 Å². The van der Waals surface area contributed by atoms with E-state index in [1.807, 2.05) is 13.8 Å². The summed E-state index contributed by atoms with van der Waals surface area (Å²) in [4.78, 5) is -0.735. The van der Waals surface area contributed by atoms with E-state index in [-0.39, 0.29) is 12.4 Å². The topological polar surface area (TPSA) is 43.4 Å². The Kier molecular flexibility index (Phi) is 5.07. The molecule has 0 unspecified atom stereocenters. The van der Waals surface area contributed by atoms with E-state index in [1.165, 1.54) is 6.07 Å². The Hall–Kier alpha value is -1.24. The third kappa shape index (κ3) is 4.70. The minimum absolute atomic E-state index is 0.0189. The maximum absolute atomic E-state index is 12.9. The fourth-order valence-electron chi connectivity index (χ4n) is 1.56. The Morgan fingerprint density at radius 2 is 1.85 bits per heavy atom. The van der Waals surface area contributed by atoms with Crippen LogP contribution in [-0.4, -0.2) is 21.3 Å². The number of ether oxygens (including phenoxy) is 1. The van der Waals surface area contributed by atoms with E-state index < -0.39 is 26.5 Å². The van der Waals surface area contributed by atoms with Crippen molar-refractivity contribution < 1.29 is 26.3 Å². The van der Waals surface area contributed by atoms with Gasteiger partial charge in [-0.3, -0.25) is 0 Å². The highest BCUT2D eigenvalue weighted by Gasteiger charge is 2.36. The zero-order valence-electron chi connectivity index (χ0n) is 11.5. The Balaban J connectivity index is 3.10. The van der Waals surface area contributed by atoms with Gasteiger partial charge in [0.25, 0.3) is 0 Å². The predicted molar refractivity (Wildman–Crippen MR) is 69.5 cm³/mol. The summed E-state index contributed by atoms with van der Waals surface area (Å²) in [5.41, 5.74) is -1.19. The second-order valence-electron chi connectivity index (χ2n) is 4.96. The standard InChI is InChI=1S/C13H17F3O3S/c1-9(2)6-7-19-10-4-5-12(20(3,17)18)11(8-10)13(14,15)16/h4-5,8-9H,6-7H2,1-3H3. The first-order chi connectivity index (χ1) is 9.01. The van der Waals surface area contributed by atoms with E-state index in [1.54, 1.807) is 0 Å². The molecular formula is C13H17F3O3S. The normalized spacial score (nSPS) is 12.8. The van der Waals surface area contributed by atoms with Crippen LogP contribution in [0.3, 0.4) is 0 Å². The molecule has 7 heteroatoms. The molecule has 0 aliphatic carbocycles. The van der Waals surface area contributed by atoms with Crippen LogP contribution < -0.4 is 4.74 Å². The molecule has 0 saturated heterocycles. The van der Waals surface area contributed by atoms with Gasteiger partial charge in [-0.15, -0.1) is 0 Å². The van der Waals surface area contributed by atoms with E-state index in [0.717, 1.165) is 18.4 Å². The van der Waals surface area contributed by atoms with Gasteiger partial charge >= 0.3 is 6.18 Å². The fourth-order valence-corrected chi connectivity index (χ4v) is 2.45. The summed E-state index contributed by atoms with van der Waals surface area (Å²) in [6.07, 6.45) is -3.29. The van der Waals surface area contributed by atoms with Crippen LogP contribution in [0.1, 0.15) is 25.8 Å². The third-order valence-electron chi connectivity index (χ3n) is 2.62. The number of halogens is 3. The van der Waals surface area contributed by atoms with Crippen molar-refractivity contribution in [3.63, 3.8) is 0 Å². The maximum atomic E-state index is 12.9. The van der Waals surface area contributed by atoms with E-state index >= 15 is 0 Å². The van der Waals surface area contributed by atoms with Gasteiger partial charge in [-0.05, 0) is 30.5 Å². The number of hydrogen-bond donors (Lipinski definition) is 0. The van der Waals surface area contributed by atoms with Crippen molar-refractivity contribution in [3.8, 4) is 5.75 Å². The monoisotopic (exact) mass is 310 g/mol. The van der Waals surface area contributed by atoms with Crippen LogP contribution in [0.5, 0.6) is 5.75 Å². The summed E-state index contributed by atoms with van der Waals surface area (Å²) in [5, 5.41) is 0. The molecule has 1 rings (SSSR count). The first-order valence-electron chi connectivity index (χ1n) is 6.06. The molecule has 0 aliphatic rings. The Bertz CT molecular complexity index is 563. The summed E-state index contributed by atoms with van der Waals surface area (Å²) in [6.45, 7) is 4.22. The van der Waals surface area contributed by atoms with Gasteiger partial charge < -0.3 is 4.74 Å². The zero-order chi connectivity index (χ0) is 15.6. The van der Waals surface area contributed by atoms with E-state index in [4.69, 9.17) is 4.74 Å². The van der Waals surface area contributed by atoms with E-state index in [9.17, 15) is 21.6 Å². The van der Waals surface area contributed by atoms with Crippen LogP contribution >= 0.6 is 0 Å². The van der Waals surface area contributed by atoms with Crippen molar-refractivity contribution in [3.05, 3.63) is 23.8 Å². The number of sulfone groups is 1. The summed E-state index contributed by atoms with van der Waals surface area (Å²) < 4.78 is 66.6. The van der Waals surface area contributed by atoms with Crippen molar-refractivity contribution in [2.75, 3.05) is 12.9 Å². The van der Waals surface area contributed by atoms with Crippen LogP contribution in [0.25, 0.3) is 0 Å². The van der Waals surface area contributed by atoms with Crippen molar-refractivity contribution in [2.45, 2.75) is 31.3 Å². The third-order valence-corrected chi connectivity index (χ3v) is 3.77. The first kappa shape index (κ1) is 16.8. The van der Waals surface area contributed by atoms with Crippen LogP contribution in [0, 0.1) is 5.92 Å². The van der Waals surface area contributed by atoms with Gasteiger partial charge in [0.15, 0.2) is 9.84 Å². The molecular weight excluding hydrogens is 293 g/mol. The van der Waals surface area contributed by atoms with Gasteiger partial charge in [0.1, 0.15) is 5.75 Å². The van der Waals surface area contributed by atoms with Crippen LogP contribution in [0.4, 0.5) is 13.2 Å². The molecule has 3 nitrogen and oxygen atoms in total. The fraction of sp³-hybridized carbons (Fsp3) is 0.538. The first-order valence-corrected chi connectivity index (χ1v) is 7.95. The molecule has 114 valence electrons. The van der Waals surface area contributed by atoms with Gasteiger partial charge in [-0.1, -0.05) is 13.8 Å². The van der Waals surface area contributed by atoms with Gasteiger partial charge in [0.05, 0.1) is 17.1 Å². The van der Waals surface area contributed by atoms with Crippen molar-refractivity contribution >= 4 is 9.84 Å². The molecule has 0 saturated carbocycles. The summed E-state index contributed by atoms with van der Waals surface area (Å²) >= 11 is 0. The predicted octanol–water partition coefficient (Wildman–Crippen LogP) is 3.53. The molecule has 20 heavy (non-hydrogen) atoms. The molecule has 0 bridgehead atoms. The molecule has 0 radical (unpaired) electrons. The average Bonchev–Trinajstić information content (AvgIpc) is 2.25. The number of hydrogen-bond acceptors (Lipinski definition) is 3. The van der Waals surface area contributed by atoms with E-state index in [2.05, 4.69) is 0 Å². The van der Waals surface area contributed by atoms with Gasteiger partial charge in [-0.2, -0.15) is 13.2 Å². The molecule has 0 spiro atoms. The van der Waals surface area contributed by atoms with Gasteiger partial charge in [0.2, 0.25) is 0 Å². The van der Waals surface area contributed by atoms with Crippen molar-refractivity contribution in [1.29, 1.82) is 0 Å². The van der Waals surface area contributed by atoms with E-state index in [0.29, 0.717) is 12.3 Å². The Labute approximate surface area is 116 Å². The smallest absolute Gasteiger partial charge is 0.417 e. The summed E-state index contributed by atoms with van der Waals surface area (Å²) in [5.74, 6) is 0.387. The lowest BCUT2D eigenvalue weighted by Crippen LogP contribution is -2.13. The Morgan fingerprint density at radius 1 is 1.25 bits per heavy atom. The van der Waals surface area contributed by atoms with Crippen molar-refractivity contribution in [2.24, 2.45) is 5.92 Å². The lowest BCUT2D eigenvalue weighted by Gasteiger charge is -2.14. The van der Waals surface area contributed by atoms with Gasteiger partial charge in [0, 0.05) is 6.26 Å². The molecule has 0 amide bonds. The molecule has 0 aliphatic heterocycles. The Morgan fingerprint density at radius 3 is 2.30 bits per heavy atom. The molecule has 0 atom stereocenters. The number of benzene rings is 1. The van der Waals surface area contributed by atoms with Crippen LogP contribution in [0.15, 0.2) is 23.1 Å². The highest BCUT2D eigenvalue weighted by Crippen LogP contribution is 2.36. The van der Waals surface area contributed by atoms with Crippen LogP contribution in [-0.2, 0) is 16.0 Å². The number of alkyl halides is 3. The second-order valence-corrected chi connectivity index (χ2v) is 6.94. The minimum atomic E-state index is -4.74. The lowest BCUT2D eigenvalue weighted by atomic mass is 10.1. The zero-order valence-corrected chi connectivity index (χ0v) is 12.3. The molecule has 1 aromatic rings. The summed E-state index contributed by atoms with van der Waals surface area (Å²) in [6, 6.07) is 2.91. The van der Waals surface area contributed by atoms with Crippen LogP contribution in [0.2, 0.25) is 0 Å². The highest BCUT2D eigenvalue weighted by molar-refractivity contribution is 7.90. The molecule has 0 heterocycles. The average molecular weight is 310 g/mol. The minimum Gasteiger partial charge on any atom is -0.494 e. The second kappa shape index (κ2) is 6.03. The number of rotatable bonds is 5. The molecule has 1 aromatic carbocycles. The molecule has 0 N–H and O–H groups in total. The molecule has 0 aromatic heterocycles. The lowest BCUT2D eigenvalue weighted by molar-refractivity contribution is -0.140. The maximum Gasteiger partial charge on any atom is 0.417 e. The quantitative estimate of drug-likeness (QED) is 0.835. The summed E-state index contributed by atoms with van der Waals surface area (Å²) in [7, 11) is -3.94. The largest absolute Gasteiger partial charge is 0.494 e.